The van der Waals surface area contributed by atoms with Gasteiger partial charge in [-0.25, -0.2) is 13.2 Å². The monoisotopic (exact) mass is 313 g/mol. The first-order valence-corrected chi connectivity index (χ1v) is 8.12. The van der Waals surface area contributed by atoms with Gasteiger partial charge >= 0.3 is 6.03 Å². The fourth-order valence-electron chi connectivity index (χ4n) is 1.72. The molecule has 3 amide bonds. The number of hydrogen-bond donors (Lipinski definition) is 2. The Morgan fingerprint density at radius 2 is 1.81 bits per heavy atom. The van der Waals surface area contributed by atoms with Crippen molar-refractivity contribution in [2.75, 3.05) is 25.3 Å². The second-order valence-corrected chi connectivity index (χ2v) is 6.57. The molecule has 0 aliphatic heterocycles. The maximum absolute atomic E-state index is 12.1. The second kappa shape index (κ2) is 6.57. The van der Waals surface area contributed by atoms with Crippen LogP contribution in [0.1, 0.15) is 6.92 Å². The summed E-state index contributed by atoms with van der Waals surface area (Å²) < 4.78 is 23.5. The van der Waals surface area contributed by atoms with Gasteiger partial charge in [0.15, 0.2) is 9.84 Å². The van der Waals surface area contributed by atoms with Gasteiger partial charge in [-0.2, -0.15) is 0 Å². The van der Waals surface area contributed by atoms with Crippen molar-refractivity contribution in [1.29, 1.82) is 0 Å². The lowest BCUT2D eigenvalue weighted by Crippen LogP contribution is -2.48. The van der Waals surface area contributed by atoms with E-state index in [1.54, 1.807) is 12.1 Å². The van der Waals surface area contributed by atoms with E-state index in [0.717, 1.165) is 11.2 Å². The number of para-hydroxylation sites is 1. The molecule has 116 valence electrons. The maximum atomic E-state index is 12.1. The van der Waals surface area contributed by atoms with Crippen LogP contribution in [0, 0.1) is 0 Å². The zero-order valence-electron chi connectivity index (χ0n) is 12.4. The maximum Gasteiger partial charge on any atom is 0.322 e. The summed E-state index contributed by atoms with van der Waals surface area (Å²) in [6.45, 7) is 1.53. The Kier molecular flexibility index (Phi) is 5.31. The molecule has 0 bridgehead atoms. The van der Waals surface area contributed by atoms with E-state index in [4.69, 9.17) is 0 Å². The highest BCUT2D eigenvalue weighted by atomic mass is 32.2. The van der Waals surface area contributed by atoms with Gasteiger partial charge in [0.2, 0.25) is 5.91 Å². The van der Waals surface area contributed by atoms with E-state index in [2.05, 4.69) is 10.6 Å². The molecule has 21 heavy (non-hydrogen) atoms. The van der Waals surface area contributed by atoms with Gasteiger partial charge in [0.05, 0.1) is 10.6 Å². The van der Waals surface area contributed by atoms with E-state index < -0.39 is 21.9 Å². The predicted molar refractivity (Wildman–Crippen MR) is 80.0 cm³/mol. The van der Waals surface area contributed by atoms with E-state index >= 15 is 0 Å². The summed E-state index contributed by atoms with van der Waals surface area (Å²) in [5.74, 6) is -0.340. The zero-order valence-corrected chi connectivity index (χ0v) is 13.2. The first-order valence-electron chi connectivity index (χ1n) is 6.23. The van der Waals surface area contributed by atoms with Gasteiger partial charge in [-0.05, 0) is 19.1 Å². The first-order chi connectivity index (χ1) is 9.68. The van der Waals surface area contributed by atoms with Crippen LogP contribution >= 0.6 is 0 Å². The fourth-order valence-corrected chi connectivity index (χ4v) is 2.63. The van der Waals surface area contributed by atoms with Gasteiger partial charge in [-0.15, -0.1) is 0 Å². The highest BCUT2D eigenvalue weighted by Crippen LogP contribution is 2.23. The van der Waals surface area contributed by atoms with Gasteiger partial charge in [0, 0.05) is 20.4 Å². The Labute approximate surface area is 124 Å². The highest BCUT2D eigenvalue weighted by Gasteiger charge is 2.22. The fraction of sp³-hybridized carbons (Fsp3) is 0.385. The van der Waals surface area contributed by atoms with Crippen LogP contribution in [-0.2, 0) is 14.6 Å². The number of sulfone groups is 1. The third-order valence-electron chi connectivity index (χ3n) is 2.91. The molecule has 0 aromatic heterocycles. The molecule has 1 aromatic carbocycles. The van der Waals surface area contributed by atoms with Crippen LogP contribution in [-0.4, -0.2) is 46.7 Å². The molecule has 1 aromatic rings. The minimum Gasteiger partial charge on any atom is -0.357 e. The number of hydrogen-bond acceptors (Lipinski definition) is 4. The van der Waals surface area contributed by atoms with Crippen LogP contribution in [0.3, 0.4) is 0 Å². The third kappa shape index (κ3) is 4.19. The minimum absolute atomic E-state index is 0.0512. The Balaban J connectivity index is 3.02. The molecule has 7 nitrogen and oxygen atoms in total. The normalized spacial score (nSPS) is 12.4. The van der Waals surface area contributed by atoms with E-state index in [1.807, 2.05) is 0 Å². The molecular formula is C13H19N3O4S. The minimum atomic E-state index is -3.46. The van der Waals surface area contributed by atoms with Gasteiger partial charge in [-0.3, -0.25) is 9.69 Å². The molecule has 0 unspecified atom stereocenters. The molecule has 0 spiro atoms. The van der Waals surface area contributed by atoms with Crippen molar-refractivity contribution in [1.82, 2.24) is 10.6 Å². The van der Waals surface area contributed by atoms with Crippen LogP contribution < -0.4 is 15.5 Å². The number of rotatable bonds is 4. The predicted octanol–water partition coefficient (Wildman–Crippen LogP) is 0.370. The van der Waals surface area contributed by atoms with Crippen LogP contribution in [0.25, 0.3) is 0 Å². The molecule has 8 heteroatoms. The first kappa shape index (κ1) is 17.0. The summed E-state index contributed by atoms with van der Waals surface area (Å²) in [4.78, 5) is 24.7. The summed E-state index contributed by atoms with van der Waals surface area (Å²) in [7, 11) is -0.556. The van der Waals surface area contributed by atoms with E-state index in [-0.39, 0.29) is 16.5 Å². The Hall–Kier alpha value is -2.09. The smallest absolute Gasteiger partial charge is 0.322 e. The molecule has 0 aliphatic rings. The van der Waals surface area contributed by atoms with E-state index in [1.165, 1.54) is 33.2 Å². The number of anilines is 1. The number of amides is 3. The van der Waals surface area contributed by atoms with Crippen molar-refractivity contribution < 1.29 is 18.0 Å². The third-order valence-corrected chi connectivity index (χ3v) is 4.05. The van der Waals surface area contributed by atoms with Crippen molar-refractivity contribution in [2.45, 2.75) is 17.9 Å². The lowest BCUT2D eigenvalue weighted by Gasteiger charge is -2.22. The number of benzene rings is 1. The lowest BCUT2D eigenvalue weighted by molar-refractivity contribution is -0.122. The molecule has 0 radical (unpaired) electrons. The van der Waals surface area contributed by atoms with Crippen molar-refractivity contribution in [2.24, 2.45) is 0 Å². The van der Waals surface area contributed by atoms with Crippen LogP contribution in [0.2, 0.25) is 0 Å². The summed E-state index contributed by atoms with van der Waals surface area (Å²) >= 11 is 0. The number of carbonyl (C=O) groups is 2. The molecule has 0 saturated heterocycles. The SMILES string of the molecule is CNC(=O)[C@@H](C)NC(=O)N(C)c1ccccc1S(C)(=O)=O. The van der Waals surface area contributed by atoms with Crippen LogP contribution in [0.5, 0.6) is 0 Å². The highest BCUT2D eigenvalue weighted by molar-refractivity contribution is 7.90. The lowest BCUT2D eigenvalue weighted by atomic mass is 10.3. The average Bonchev–Trinajstić information content (AvgIpc) is 2.44. The summed E-state index contributed by atoms with van der Waals surface area (Å²) in [6.07, 6.45) is 1.07. The number of nitrogens with zero attached hydrogens (tertiary/aromatic N) is 1. The van der Waals surface area contributed by atoms with Crippen molar-refractivity contribution in [3.8, 4) is 0 Å². The van der Waals surface area contributed by atoms with E-state index in [9.17, 15) is 18.0 Å². The van der Waals surface area contributed by atoms with Gasteiger partial charge in [-0.1, -0.05) is 12.1 Å². The quantitative estimate of drug-likeness (QED) is 0.839. The van der Waals surface area contributed by atoms with Crippen molar-refractivity contribution in [3.05, 3.63) is 24.3 Å². The van der Waals surface area contributed by atoms with Crippen LogP contribution in [0.4, 0.5) is 10.5 Å². The van der Waals surface area contributed by atoms with Crippen LogP contribution in [0.15, 0.2) is 29.2 Å². The number of nitrogens with one attached hydrogen (secondary N) is 2. The molecule has 1 rings (SSSR count). The van der Waals surface area contributed by atoms with Gasteiger partial charge in [0.25, 0.3) is 0 Å². The Morgan fingerprint density at radius 3 is 2.33 bits per heavy atom. The summed E-state index contributed by atoms with van der Waals surface area (Å²) in [5, 5.41) is 4.90. The molecular weight excluding hydrogens is 294 g/mol. The number of likely N-dealkylation sites (N-methyl/N-ethyl adjacent to an activating group) is 1. The second-order valence-electron chi connectivity index (χ2n) is 4.58. The molecule has 0 fully saturated rings. The van der Waals surface area contributed by atoms with Gasteiger partial charge < -0.3 is 10.6 Å². The average molecular weight is 313 g/mol. The number of carbonyl (C=O) groups excluding carboxylic acids is 2. The Morgan fingerprint density at radius 1 is 1.24 bits per heavy atom. The Bertz CT molecular complexity index is 643. The largest absolute Gasteiger partial charge is 0.357 e. The number of urea groups is 1. The van der Waals surface area contributed by atoms with E-state index in [0.29, 0.717) is 0 Å². The van der Waals surface area contributed by atoms with Crippen molar-refractivity contribution in [3.63, 3.8) is 0 Å². The standard InChI is InChI=1S/C13H19N3O4S/c1-9(12(17)14-2)15-13(18)16(3)10-7-5-6-8-11(10)21(4,19)20/h5-9H,1-4H3,(H,14,17)(H,15,18)/t9-/m1/s1. The zero-order chi connectivity index (χ0) is 16.2. The molecule has 2 N–H and O–H groups in total. The molecule has 0 heterocycles. The molecule has 1 atom stereocenters. The topological polar surface area (TPSA) is 95.6 Å². The molecule has 0 saturated carbocycles. The summed E-state index contributed by atoms with van der Waals surface area (Å²) in [6, 6.07) is 4.88. The van der Waals surface area contributed by atoms with Crippen molar-refractivity contribution >= 4 is 27.5 Å². The summed E-state index contributed by atoms with van der Waals surface area (Å²) in [5.41, 5.74) is 0.251. The molecule has 0 aliphatic carbocycles. The van der Waals surface area contributed by atoms with Gasteiger partial charge in [0.1, 0.15) is 6.04 Å².